The maximum absolute atomic E-state index is 9.49. The molecule has 108 valence electrons. The summed E-state index contributed by atoms with van der Waals surface area (Å²) in [5.74, 6) is 0.978. The van der Waals surface area contributed by atoms with Crippen LogP contribution < -0.4 is 11.1 Å². The normalized spacial score (nSPS) is 20.3. The zero-order valence-electron chi connectivity index (χ0n) is 11.4. The van der Waals surface area contributed by atoms with Gasteiger partial charge in [-0.1, -0.05) is 0 Å². The van der Waals surface area contributed by atoms with Gasteiger partial charge < -0.3 is 26.0 Å². The van der Waals surface area contributed by atoms with E-state index >= 15 is 0 Å². The van der Waals surface area contributed by atoms with E-state index < -0.39 is 0 Å². The van der Waals surface area contributed by atoms with Gasteiger partial charge in [-0.2, -0.15) is 0 Å². The van der Waals surface area contributed by atoms with Crippen LogP contribution in [0.3, 0.4) is 0 Å². The van der Waals surface area contributed by atoms with E-state index in [0.29, 0.717) is 6.42 Å². The van der Waals surface area contributed by atoms with Crippen LogP contribution in [-0.2, 0) is 6.42 Å². The molecule has 1 saturated heterocycles. The van der Waals surface area contributed by atoms with Crippen molar-refractivity contribution in [3.63, 3.8) is 0 Å². The molecule has 5 N–H and O–H groups in total. The Morgan fingerprint density at radius 2 is 2.21 bits per heavy atom. The second-order valence-corrected chi connectivity index (χ2v) is 5.23. The maximum Gasteiger partial charge on any atom is 0.106 e. The molecule has 0 aliphatic carbocycles. The summed E-state index contributed by atoms with van der Waals surface area (Å²) in [6, 6.07) is 0.0185. The summed E-state index contributed by atoms with van der Waals surface area (Å²) >= 11 is 0. The molecule has 19 heavy (non-hydrogen) atoms. The largest absolute Gasteiger partial charge is 0.396 e. The van der Waals surface area contributed by atoms with E-state index in [4.69, 9.17) is 5.73 Å². The highest BCUT2D eigenvalue weighted by atomic mass is 16.3. The van der Waals surface area contributed by atoms with Crippen LogP contribution in [0, 0.1) is 5.92 Å². The molecule has 1 aliphatic rings. The van der Waals surface area contributed by atoms with Crippen molar-refractivity contribution in [2.24, 2.45) is 11.7 Å². The lowest BCUT2D eigenvalue weighted by Gasteiger charge is -2.29. The third kappa shape index (κ3) is 4.58. The van der Waals surface area contributed by atoms with Crippen molar-refractivity contribution in [2.75, 3.05) is 39.3 Å². The minimum Gasteiger partial charge on any atom is -0.396 e. The third-order valence-corrected chi connectivity index (χ3v) is 3.84. The first-order valence-corrected chi connectivity index (χ1v) is 7.07. The molecule has 0 saturated carbocycles. The Morgan fingerprint density at radius 1 is 1.42 bits per heavy atom. The number of H-pyrrole nitrogens is 1. The van der Waals surface area contributed by atoms with Gasteiger partial charge in [0.25, 0.3) is 0 Å². The Bertz CT molecular complexity index is 337. The van der Waals surface area contributed by atoms with Crippen LogP contribution in [0.1, 0.15) is 12.2 Å². The number of hydrogen-bond acceptors (Lipinski definition) is 5. The average Bonchev–Trinajstić information content (AvgIpc) is 2.96. The van der Waals surface area contributed by atoms with Crippen LogP contribution in [0.5, 0.6) is 0 Å². The average molecular weight is 267 g/mol. The minimum absolute atomic E-state index is 0.0185. The third-order valence-electron chi connectivity index (χ3n) is 3.84. The van der Waals surface area contributed by atoms with Crippen molar-refractivity contribution in [3.8, 4) is 0 Å². The molecule has 0 amide bonds. The first-order valence-electron chi connectivity index (χ1n) is 7.07. The highest BCUT2D eigenvalue weighted by Crippen LogP contribution is 2.11. The molecule has 0 spiro atoms. The summed E-state index contributed by atoms with van der Waals surface area (Å²) in [7, 11) is 0. The fourth-order valence-corrected chi connectivity index (χ4v) is 2.51. The number of nitrogens with one attached hydrogen (secondary N) is 2. The van der Waals surface area contributed by atoms with Crippen molar-refractivity contribution in [1.29, 1.82) is 0 Å². The Balaban J connectivity index is 1.74. The molecule has 2 rings (SSSR count). The van der Waals surface area contributed by atoms with Crippen LogP contribution >= 0.6 is 0 Å². The molecule has 6 heteroatoms. The molecule has 0 radical (unpaired) electrons. The molecular formula is C13H25N5O. The minimum atomic E-state index is 0.0185. The van der Waals surface area contributed by atoms with E-state index in [1.807, 2.05) is 0 Å². The molecule has 2 heterocycles. The summed E-state index contributed by atoms with van der Waals surface area (Å²) in [4.78, 5) is 9.69. The van der Waals surface area contributed by atoms with E-state index in [0.717, 1.165) is 45.0 Å². The lowest BCUT2D eigenvalue weighted by atomic mass is 9.94. The van der Waals surface area contributed by atoms with Gasteiger partial charge in [-0.3, -0.25) is 0 Å². The second-order valence-electron chi connectivity index (χ2n) is 5.23. The molecule has 1 fully saturated rings. The maximum atomic E-state index is 9.49. The molecule has 2 atom stereocenters. The number of aliphatic hydroxyl groups is 1. The van der Waals surface area contributed by atoms with Crippen LogP contribution in [0.15, 0.2) is 12.4 Å². The van der Waals surface area contributed by atoms with Crippen molar-refractivity contribution in [2.45, 2.75) is 18.9 Å². The number of aromatic amines is 1. The number of nitrogens with two attached hydrogens (primary N) is 1. The zero-order valence-corrected chi connectivity index (χ0v) is 11.4. The van der Waals surface area contributed by atoms with Crippen molar-refractivity contribution in [1.82, 2.24) is 20.2 Å². The van der Waals surface area contributed by atoms with Crippen molar-refractivity contribution >= 4 is 0 Å². The number of aromatic nitrogens is 2. The second kappa shape index (κ2) is 7.59. The standard InChI is InChI=1S/C13H25N5O/c14-12(1-6-18-7-4-15-5-8-18)11(10-19)9-13-16-2-3-17-13/h2-3,11-12,15,19H,1,4-10,14H2,(H,16,17). The van der Waals surface area contributed by atoms with Gasteiger partial charge in [0.2, 0.25) is 0 Å². The van der Waals surface area contributed by atoms with E-state index in [9.17, 15) is 5.11 Å². The van der Waals surface area contributed by atoms with Gasteiger partial charge in [-0.05, 0) is 13.0 Å². The number of piperazine rings is 1. The van der Waals surface area contributed by atoms with E-state index in [-0.39, 0.29) is 18.6 Å². The smallest absolute Gasteiger partial charge is 0.106 e. The predicted octanol–water partition coefficient (Wildman–Crippen LogP) is -0.817. The summed E-state index contributed by atoms with van der Waals surface area (Å²) in [6.07, 6.45) is 5.17. The molecule has 6 nitrogen and oxygen atoms in total. The van der Waals surface area contributed by atoms with Gasteiger partial charge in [0.05, 0.1) is 0 Å². The number of rotatable bonds is 7. The Labute approximate surface area is 114 Å². The number of imidazole rings is 1. The molecule has 0 aromatic carbocycles. The Hall–Kier alpha value is -0.950. The predicted molar refractivity (Wildman–Crippen MR) is 74.8 cm³/mol. The molecular weight excluding hydrogens is 242 g/mol. The molecule has 0 bridgehead atoms. The Kier molecular flexibility index (Phi) is 5.78. The Morgan fingerprint density at radius 3 is 2.84 bits per heavy atom. The van der Waals surface area contributed by atoms with E-state index in [1.54, 1.807) is 12.4 Å². The first kappa shape index (κ1) is 14.5. The van der Waals surface area contributed by atoms with Gasteiger partial charge in [-0.25, -0.2) is 4.98 Å². The number of aliphatic hydroxyl groups excluding tert-OH is 1. The van der Waals surface area contributed by atoms with Gasteiger partial charge in [0, 0.05) is 63.6 Å². The van der Waals surface area contributed by atoms with Crippen molar-refractivity contribution < 1.29 is 5.11 Å². The highest BCUT2D eigenvalue weighted by Gasteiger charge is 2.20. The van der Waals surface area contributed by atoms with Crippen molar-refractivity contribution in [3.05, 3.63) is 18.2 Å². The van der Waals surface area contributed by atoms with Crippen LogP contribution in [-0.4, -0.2) is 65.3 Å². The van der Waals surface area contributed by atoms with E-state index in [2.05, 4.69) is 20.2 Å². The van der Waals surface area contributed by atoms with Gasteiger partial charge in [0.15, 0.2) is 0 Å². The fourth-order valence-electron chi connectivity index (χ4n) is 2.51. The fraction of sp³-hybridized carbons (Fsp3) is 0.769. The molecule has 2 unspecified atom stereocenters. The van der Waals surface area contributed by atoms with Gasteiger partial charge in [-0.15, -0.1) is 0 Å². The summed E-state index contributed by atoms with van der Waals surface area (Å²) in [5, 5.41) is 12.8. The molecule has 1 aromatic heterocycles. The van der Waals surface area contributed by atoms with Crippen LogP contribution in [0.2, 0.25) is 0 Å². The quantitative estimate of drug-likeness (QED) is 0.518. The SMILES string of the molecule is NC(CCN1CCNCC1)C(CO)Cc1ncc[nH]1. The van der Waals surface area contributed by atoms with Gasteiger partial charge >= 0.3 is 0 Å². The molecule has 1 aromatic rings. The number of nitrogens with zero attached hydrogens (tertiary/aromatic N) is 2. The monoisotopic (exact) mass is 267 g/mol. The summed E-state index contributed by atoms with van der Waals surface area (Å²) in [5.41, 5.74) is 6.22. The van der Waals surface area contributed by atoms with Crippen LogP contribution in [0.25, 0.3) is 0 Å². The lowest BCUT2D eigenvalue weighted by molar-refractivity contribution is 0.179. The van der Waals surface area contributed by atoms with Gasteiger partial charge in [0.1, 0.15) is 5.82 Å². The first-order chi connectivity index (χ1) is 9.29. The van der Waals surface area contributed by atoms with E-state index in [1.165, 1.54) is 0 Å². The summed E-state index contributed by atoms with van der Waals surface area (Å²) < 4.78 is 0. The lowest BCUT2D eigenvalue weighted by Crippen LogP contribution is -2.45. The topological polar surface area (TPSA) is 90.2 Å². The molecule has 1 aliphatic heterocycles. The number of hydrogen-bond donors (Lipinski definition) is 4. The zero-order chi connectivity index (χ0) is 13.5. The summed E-state index contributed by atoms with van der Waals surface area (Å²) in [6.45, 7) is 5.43. The highest BCUT2D eigenvalue weighted by molar-refractivity contribution is 4.91. The van der Waals surface area contributed by atoms with Crippen LogP contribution in [0.4, 0.5) is 0 Å².